The second-order valence-electron chi connectivity index (χ2n) is 4.65. The van der Waals surface area contributed by atoms with E-state index in [1.807, 2.05) is 37.4 Å². The van der Waals surface area contributed by atoms with Crippen LogP contribution in [0.3, 0.4) is 0 Å². The number of ether oxygens (including phenoxy) is 1. The van der Waals surface area contributed by atoms with Crippen molar-refractivity contribution < 1.29 is 4.74 Å². The van der Waals surface area contributed by atoms with Crippen LogP contribution in [0, 0.1) is 13.8 Å². The fraction of sp³-hybridized carbons (Fsp3) is 0.200. The lowest BCUT2D eigenvalue weighted by Crippen LogP contribution is -1.94. The largest absolute Gasteiger partial charge is 0.495 e. The first-order chi connectivity index (χ1) is 10.6. The van der Waals surface area contributed by atoms with Crippen LogP contribution in [0.2, 0.25) is 0 Å². The molecule has 3 aromatic rings. The first kappa shape index (κ1) is 15.5. The van der Waals surface area contributed by atoms with E-state index in [-0.39, 0.29) is 0 Å². The zero-order valence-corrected chi connectivity index (χ0v) is 15.5. The molecular formula is C15H14BrN3OS2. The van der Waals surface area contributed by atoms with Gasteiger partial charge < -0.3 is 10.1 Å². The van der Waals surface area contributed by atoms with E-state index in [1.165, 1.54) is 0 Å². The molecule has 0 bridgehead atoms. The Morgan fingerprint density at radius 3 is 2.73 bits per heavy atom. The number of methoxy groups -OCH3 is 1. The smallest absolute Gasteiger partial charge is 0.187 e. The van der Waals surface area contributed by atoms with Crippen molar-refractivity contribution in [1.82, 2.24) is 9.97 Å². The summed E-state index contributed by atoms with van der Waals surface area (Å²) in [5.74, 6) is 0.782. The van der Waals surface area contributed by atoms with E-state index in [0.717, 1.165) is 42.3 Å². The van der Waals surface area contributed by atoms with Crippen molar-refractivity contribution in [2.45, 2.75) is 13.8 Å². The van der Waals surface area contributed by atoms with Gasteiger partial charge in [-0.2, -0.15) is 0 Å². The molecule has 1 N–H and O–H groups in total. The highest BCUT2D eigenvalue weighted by atomic mass is 79.9. The summed E-state index contributed by atoms with van der Waals surface area (Å²) in [6.45, 7) is 4.03. The quantitative estimate of drug-likeness (QED) is 0.642. The topological polar surface area (TPSA) is 47.0 Å². The lowest BCUT2D eigenvalue weighted by molar-refractivity contribution is 0.417. The number of aromatic nitrogens is 2. The molecule has 0 atom stereocenters. The number of aryl methyl sites for hydroxylation is 2. The molecule has 4 nitrogen and oxygen atoms in total. The minimum atomic E-state index is 0.782. The summed E-state index contributed by atoms with van der Waals surface area (Å²) >= 11 is 6.71. The molecule has 22 heavy (non-hydrogen) atoms. The molecule has 0 aliphatic rings. The van der Waals surface area contributed by atoms with Gasteiger partial charge in [0, 0.05) is 9.85 Å². The van der Waals surface area contributed by atoms with Crippen LogP contribution in [0.4, 0.5) is 10.8 Å². The molecule has 1 aromatic carbocycles. The molecule has 0 spiro atoms. The maximum Gasteiger partial charge on any atom is 0.187 e. The first-order valence-corrected chi connectivity index (χ1v) is 9.06. The van der Waals surface area contributed by atoms with Crippen LogP contribution in [0.5, 0.6) is 5.75 Å². The summed E-state index contributed by atoms with van der Waals surface area (Å²) in [4.78, 5) is 10.2. The molecule has 0 radical (unpaired) electrons. The highest BCUT2D eigenvalue weighted by Crippen LogP contribution is 2.35. The van der Waals surface area contributed by atoms with Gasteiger partial charge in [0.15, 0.2) is 5.13 Å². The van der Waals surface area contributed by atoms with Gasteiger partial charge in [0.1, 0.15) is 5.75 Å². The minimum absolute atomic E-state index is 0.782. The van der Waals surface area contributed by atoms with Gasteiger partial charge in [0.2, 0.25) is 0 Å². The van der Waals surface area contributed by atoms with Crippen LogP contribution in [0.15, 0.2) is 28.1 Å². The van der Waals surface area contributed by atoms with Crippen molar-refractivity contribution in [3.63, 3.8) is 0 Å². The summed E-state index contributed by atoms with van der Waals surface area (Å²) in [7, 11) is 1.66. The Kier molecular flexibility index (Phi) is 4.46. The monoisotopic (exact) mass is 395 g/mol. The third-order valence-corrected chi connectivity index (χ3v) is 5.39. The third-order valence-electron chi connectivity index (χ3n) is 3.04. The number of halogens is 1. The van der Waals surface area contributed by atoms with Gasteiger partial charge in [-0.15, -0.1) is 22.7 Å². The molecule has 0 amide bonds. The first-order valence-electron chi connectivity index (χ1n) is 6.57. The number of nitrogens with one attached hydrogen (secondary N) is 1. The summed E-state index contributed by atoms with van der Waals surface area (Å²) in [6.07, 6.45) is 0. The molecule has 7 heteroatoms. The fourth-order valence-electron chi connectivity index (χ4n) is 2.10. The standard InChI is InChI=1S/C15H14BrN3OS2/c1-8-14(22-9(2)17-8)12-7-21-15(19-12)18-11-6-10(16)4-5-13(11)20-3/h4-7H,1-3H3,(H,18,19). The molecule has 0 unspecified atom stereocenters. The molecule has 0 saturated carbocycles. The molecule has 0 fully saturated rings. The predicted octanol–water partition coefficient (Wildman–Crippen LogP) is 5.40. The molecule has 0 aliphatic heterocycles. The van der Waals surface area contributed by atoms with Crippen molar-refractivity contribution in [3.05, 3.63) is 38.8 Å². The van der Waals surface area contributed by atoms with Crippen LogP contribution in [0.1, 0.15) is 10.7 Å². The van der Waals surface area contributed by atoms with Gasteiger partial charge in [-0.3, -0.25) is 0 Å². The summed E-state index contributed by atoms with van der Waals surface area (Å²) in [6, 6.07) is 5.83. The number of nitrogens with zero attached hydrogens (tertiary/aromatic N) is 2. The SMILES string of the molecule is COc1ccc(Br)cc1Nc1nc(-c2sc(C)nc2C)cs1. The number of rotatable bonds is 4. The van der Waals surface area contributed by atoms with Gasteiger partial charge in [-0.05, 0) is 32.0 Å². The van der Waals surface area contributed by atoms with E-state index in [1.54, 1.807) is 29.8 Å². The molecular weight excluding hydrogens is 382 g/mol. The minimum Gasteiger partial charge on any atom is -0.495 e. The number of hydrogen-bond acceptors (Lipinski definition) is 6. The van der Waals surface area contributed by atoms with E-state index in [2.05, 4.69) is 31.2 Å². The number of benzene rings is 1. The van der Waals surface area contributed by atoms with E-state index in [0.29, 0.717) is 0 Å². The lowest BCUT2D eigenvalue weighted by Gasteiger charge is -2.09. The maximum absolute atomic E-state index is 5.37. The lowest BCUT2D eigenvalue weighted by atomic mass is 10.3. The van der Waals surface area contributed by atoms with Crippen LogP contribution in [-0.4, -0.2) is 17.1 Å². The van der Waals surface area contributed by atoms with Gasteiger partial charge in [0.25, 0.3) is 0 Å². The third kappa shape index (κ3) is 3.16. The van der Waals surface area contributed by atoms with Crippen LogP contribution >= 0.6 is 38.6 Å². The highest BCUT2D eigenvalue weighted by Gasteiger charge is 2.12. The Balaban J connectivity index is 1.89. The highest BCUT2D eigenvalue weighted by molar-refractivity contribution is 9.10. The maximum atomic E-state index is 5.37. The number of thiazole rings is 2. The molecule has 2 aromatic heterocycles. The second kappa shape index (κ2) is 6.36. The van der Waals surface area contributed by atoms with Gasteiger partial charge >= 0.3 is 0 Å². The number of hydrogen-bond donors (Lipinski definition) is 1. The van der Waals surface area contributed by atoms with Crippen molar-refractivity contribution in [2.24, 2.45) is 0 Å². The Bertz CT molecular complexity index is 813. The Hall–Kier alpha value is -1.44. The second-order valence-corrected chi connectivity index (χ2v) is 7.63. The zero-order valence-electron chi connectivity index (χ0n) is 12.3. The van der Waals surface area contributed by atoms with Crippen LogP contribution in [-0.2, 0) is 0 Å². The van der Waals surface area contributed by atoms with Crippen LogP contribution in [0.25, 0.3) is 10.6 Å². The Morgan fingerprint density at radius 1 is 1.23 bits per heavy atom. The van der Waals surface area contributed by atoms with E-state index < -0.39 is 0 Å². The normalized spacial score (nSPS) is 10.7. The average Bonchev–Trinajstić information content (AvgIpc) is 3.05. The number of anilines is 2. The van der Waals surface area contributed by atoms with Crippen LogP contribution < -0.4 is 10.1 Å². The van der Waals surface area contributed by atoms with Gasteiger partial charge in [0.05, 0.1) is 34.1 Å². The average molecular weight is 396 g/mol. The molecule has 3 rings (SSSR count). The zero-order chi connectivity index (χ0) is 15.7. The molecule has 0 aliphatic carbocycles. The Labute approximate surface area is 145 Å². The van der Waals surface area contributed by atoms with Gasteiger partial charge in [-0.25, -0.2) is 9.97 Å². The van der Waals surface area contributed by atoms with Crippen molar-refractivity contribution in [1.29, 1.82) is 0 Å². The van der Waals surface area contributed by atoms with Gasteiger partial charge in [-0.1, -0.05) is 15.9 Å². The molecule has 0 saturated heterocycles. The van der Waals surface area contributed by atoms with E-state index in [9.17, 15) is 0 Å². The van der Waals surface area contributed by atoms with Crippen molar-refractivity contribution >= 4 is 49.4 Å². The van der Waals surface area contributed by atoms with E-state index in [4.69, 9.17) is 4.74 Å². The summed E-state index contributed by atoms with van der Waals surface area (Å²) < 4.78 is 6.36. The molecule has 2 heterocycles. The fourth-order valence-corrected chi connectivity index (χ4v) is 4.13. The summed E-state index contributed by atoms with van der Waals surface area (Å²) in [5, 5.41) is 7.26. The van der Waals surface area contributed by atoms with Crippen molar-refractivity contribution in [2.75, 3.05) is 12.4 Å². The predicted molar refractivity (Wildman–Crippen MR) is 96.7 cm³/mol. The van der Waals surface area contributed by atoms with E-state index >= 15 is 0 Å². The molecule has 114 valence electrons. The Morgan fingerprint density at radius 2 is 2.05 bits per heavy atom. The van der Waals surface area contributed by atoms with Crippen molar-refractivity contribution in [3.8, 4) is 16.3 Å². The summed E-state index contributed by atoms with van der Waals surface area (Å²) in [5.41, 5.74) is 2.87.